The van der Waals surface area contributed by atoms with Crippen LogP contribution in [0.3, 0.4) is 0 Å². The molecular weight excluding hydrogens is 617 g/mol. The summed E-state index contributed by atoms with van der Waals surface area (Å²) in [6.07, 6.45) is 10.1. The molecule has 0 unspecified atom stereocenters. The number of nitrogen functional groups attached to an aromatic ring is 1. The summed E-state index contributed by atoms with van der Waals surface area (Å²) in [5.74, 6) is -2.63. The number of hydrogen-bond acceptors (Lipinski definition) is 12. The van der Waals surface area contributed by atoms with Crippen LogP contribution in [0.1, 0.15) is 37.7 Å². The Bertz CT molecular complexity index is 1540. The summed E-state index contributed by atoms with van der Waals surface area (Å²) in [5.41, 5.74) is 7.22. The zero-order valence-corrected chi connectivity index (χ0v) is 27.6. The van der Waals surface area contributed by atoms with Crippen molar-refractivity contribution in [3.8, 4) is 0 Å². The van der Waals surface area contributed by atoms with Crippen molar-refractivity contribution in [3.63, 3.8) is 0 Å². The van der Waals surface area contributed by atoms with Crippen LogP contribution in [0.4, 0.5) is 10.9 Å². The quantitative estimate of drug-likeness (QED) is 0.106. The van der Waals surface area contributed by atoms with Crippen LogP contribution in [0.15, 0.2) is 58.0 Å². The molecule has 0 aromatic carbocycles. The number of aromatic nitrogens is 2. The van der Waals surface area contributed by atoms with Crippen LogP contribution in [0.25, 0.3) is 0 Å². The summed E-state index contributed by atoms with van der Waals surface area (Å²) in [4.78, 5) is 70.0. The standard InChI is InChI=1S/C28H29N7O6S2.Na/c29-28-32-20(15-43-28)34(21(36)12-31-41-19-3-1-2-4-19)23-25(38)35-22(27(39)40)18(14-42-26(23)35)11-17-7-10-33(24(17)37)13-16-5-8-30-9-6-16;/h5-6,8-9,11-12,15,19,23,26H,1-4,7,10,13-14H2,(H2,29,32)(H,39,40);/q;+1/p-1/b17-11+,31-12-;/t23-,26-;/m1./s1. The first-order chi connectivity index (χ1) is 20.8. The number of carbonyl (C=O) groups is 4. The third kappa shape index (κ3) is 6.42. The molecule has 16 heteroatoms. The Labute approximate surface area is 283 Å². The second kappa shape index (κ2) is 13.8. The number of carboxylic acid groups (broad SMARTS) is 1. The number of nitrogens with two attached hydrogens (primary N) is 1. The molecule has 2 aromatic heterocycles. The van der Waals surface area contributed by atoms with Gasteiger partial charge in [-0.1, -0.05) is 5.16 Å². The summed E-state index contributed by atoms with van der Waals surface area (Å²) in [7, 11) is 0. The minimum atomic E-state index is -1.54. The van der Waals surface area contributed by atoms with Gasteiger partial charge in [0.15, 0.2) is 5.13 Å². The van der Waals surface area contributed by atoms with Crippen LogP contribution < -0.4 is 45.3 Å². The molecule has 224 valence electrons. The summed E-state index contributed by atoms with van der Waals surface area (Å²) < 4.78 is 0. The van der Waals surface area contributed by atoms with Gasteiger partial charge in [0.2, 0.25) is 5.91 Å². The van der Waals surface area contributed by atoms with Gasteiger partial charge in [0, 0.05) is 42.2 Å². The SMILES string of the molecule is Nc1nc(N(C(=O)/C=N\OC2CCCC2)[C@@H]2C(=O)N3C(C(=O)[O-])=C(/C=C4\CCN(Cc5ccncc5)C4=O)CS[C@H]23)cs1.[Na+]. The molecule has 13 nitrogen and oxygen atoms in total. The molecule has 1 saturated carbocycles. The Hall–Kier alpha value is -3.24. The Morgan fingerprint density at radius 3 is 2.66 bits per heavy atom. The normalized spacial score (nSPS) is 22.8. The molecule has 2 aromatic rings. The maximum Gasteiger partial charge on any atom is 1.00 e. The number of rotatable bonds is 9. The van der Waals surface area contributed by atoms with E-state index in [0.29, 0.717) is 30.7 Å². The number of pyridine rings is 1. The van der Waals surface area contributed by atoms with Crippen molar-refractivity contribution in [3.05, 3.63) is 58.4 Å². The van der Waals surface area contributed by atoms with E-state index in [1.54, 1.807) is 28.7 Å². The summed E-state index contributed by atoms with van der Waals surface area (Å²) in [6, 6.07) is 2.61. The molecule has 5 heterocycles. The molecule has 2 saturated heterocycles. The van der Waals surface area contributed by atoms with Crippen molar-refractivity contribution in [1.82, 2.24) is 19.8 Å². The minimum absolute atomic E-state index is 0. The average Bonchev–Trinajstić information content (AvgIpc) is 3.75. The fraction of sp³-hybridized carbons (Fsp3) is 0.393. The minimum Gasteiger partial charge on any atom is -0.543 e. The number of anilines is 2. The molecule has 44 heavy (non-hydrogen) atoms. The Balaban J connectivity index is 0.00000384. The van der Waals surface area contributed by atoms with Gasteiger partial charge >= 0.3 is 29.6 Å². The number of thiazole rings is 1. The number of nitrogens with zero attached hydrogens (tertiary/aromatic N) is 6. The third-order valence-electron chi connectivity index (χ3n) is 7.79. The monoisotopic (exact) mass is 645 g/mol. The van der Waals surface area contributed by atoms with Crippen LogP contribution in [0.2, 0.25) is 0 Å². The van der Waals surface area contributed by atoms with Crippen molar-refractivity contribution in [2.45, 2.75) is 56.2 Å². The second-order valence-corrected chi connectivity index (χ2v) is 12.5. The summed E-state index contributed by atoms with van der Waals surface area (Å²) in [5, 5.41) is 17.3. The van der Waals surface area contributed by atoms with Crippen LogP contribution in [-0.2, 0) is 30.6 Å². The van der Waals surface area contributed by atoms with E-state index in [-0.39, 0.29) is 64.0 Å². The molecule has 3 amide bonds. The van der Waals surface area contributed by atoms with Gasteiger partial charge in [0.25, 0.3) is 11.8 Å². The number of oxime groups is 1. The van der Waals surface area contributed by atoms with Crippen molar-refractivity contribution < 1.29 is 58.7 Å². The van der Waals surface area contributed by atoms with E-state index in [1.807, 2.05) is 12.1 Å². The number of allylic oxidation sites excluding steroid dienone is 1. The van der Waals surface area contributed by atoms with Gasteiger partial charge in [-0.15, -0.1) is 23.1 Å². The van der Waals surface area contributed by atoms with E-state index in [2.05, 4.69) is 15.1 Å². The fourth-order valence-electron chi connectivity index (χ4n) is 5.70. The smallest absolute Gasteiger partial charge is 0.543 e. The van der Waals surface area contributed by atoms with Gasteiger partial charge < -0.3 is 25.4 Å². The molecule has 3 fully saturated rings. The number of fused-ring (bicyclic) bond motifs is 1. The number of carbonyl (C=O) groups excluding carboxylic acids is 4. The predicted molar refractivity (Wildman–Crippen MR) is 157 cm³/mol. The molecule has 0 bridgehead atoms. The van der Waals surface area contributed by atoms with Gasteiger partial charge in [-0.2, -0.15) is 0 Å². The van der Waals surface area contributed by atoms with Gasteiger partial charge in [-0.25, -0.2) is 4.98 Å². The number of aliphatic carboxylic acids is 1. The Morgan fingerprint density at radius 1 is 1.23 bits per heavy atom. The Morgan fingerprint density at radius 2 is 1.98 bits per heavy atom. The van der Waals surface area contributed by atoms with Crippen molar-refractivity contribution >= 4 is 64.0 Å². The number of thioether (sulfide) groups is 1. The molecule has 6 rings (SSSR count). The average molecular weight is 646 g/mol. The number of likely N-dealkylation sites (tertiary alicyclic amines) is 1. The van der Waals surface area contributed by atoms with Crippen LogP contribution in [0, 0.1) is 0 Å². The topological polar surface area (TPSA) is 174 Å². The first kappa shape index (κ1) is 32.2. The number of hydrogen-bond donors (Lipinski definition) is 1. The molecule has 1 aliphatic carbocycles. The van der Waals surface area contributed by atoms with E-state index in [9.17, 15) is 24.3 Å². The van der Waals surface area contributed by atoms with Crippen LogP contribution in [-0.4, -0.2) is 79.5 Å². The maximum absolute atomic E-state index is 13.6. The molecule has 4 aliphatic rings. The van der Waals surface area contributed by atoms with Gasteiger partial charge in [-0.05, 0) is 61.4 Å². The van der Waals surface area contributed by atoms with Crippen LogP contribution >= 0.6 is 23.1 Å². The second-order valence-electron chi connectivity index (χ2n) is 10.5. The summed E-state index contributed by atoms with van der Waals surface area (Å²) in [6.45, 7) is 0.898. The number of β-lactam (4-membered cyclic amide) rings is 1. The maximum atomic E-state index is 13.6. The molecular formula is C28H28N7NaO6S2. The molecule has 2 atom stereocenters. The fourth-order valence-corrected chi connectivity index (χ4v) is 7.59. The molecule has 0 radical (unpaired) electrons. The van der Waals surface area contributed by atoms with E-state index in [4.69, 9.17) is 10.6 Å². The van der Waals surface area contributed by atoms with Crippen molar-refractivity contribution in [1.29, 1.82) is 0 Å². The Kier molecular flexibility index (Phi) is 10.1. The number of amides is 3. The van der Waals surface area contributed by atoms with Crippen LogP contribution in [0.5, 0.6) is 0 Å². The zero-order chi connectivity index (χ0) is 30.1. The zero-order valence-electron chi connectivity index (χ0n) is 24.0. The number of carboxylic acids is 1. The van der Waals surface area contributed by atoms with E-state index in [1.165, 1.54) is 16.7 Å². The van der Waals surface area contributed by atoms with E-state index >= 15 is 0 Å². The van der Waals surface area contributed by atoms with E-state index in [0.717, 1.165) is 53.7 Å². The van der Waals surface area contributed by atoms with Gasteiger partial charge in [0.1, 0.15) is 29.6 Å². The molecule has 3 aliphatic heterocycles. The van der Waals surface area contributed by atoms with E-state index < -0.39 is 29.2 Å². The summed E-state index contributed by atoms with van der Waals surface area (Å²) >= 11 is 2.39. The predicted octanol–water partition coefficient (Wildman–Crippen LogP) is -1.95. The first-order valence-electron chi connectivity index (χ1n) is 13.8. The molecule has 0 spiro atoms. The molecule has 2 N–H and O–H groups in total. The van der Waals surface area contributed by atoms with Gasteiger partial charge in [0.05, 0.1) is 11.7 Å². The van der Waals surface area contributed by atoms with Crippen molar-refractivity contribution in [2.75, 3.05) is 22.9 Å². The third-order valence-corrected chi connectivity index (χ3v) is 9.74. The van der Waals surface area contributed by atoms with Gasteiger partial charge in [-0.3, -0.25) is 29.2 Å². The van der Waals surface area contributed by atoms with Crippen molar-refractivity contribution in [2.24, 2.45) is 5.16 Å². The first-order valence-corrected chi connectivity index (χ1v) is 15.8. The largest absolute Gasteiger partial charge is 1.00 e.